The number of carbonyl (C=O) groups is 3. The number of ether oxygens (including phenoxy) is 2. The smallest absolute Gasteiger partial charge is 0.408 e. The van der Waals surface area contributed by atoms with E-state index in [-0.39, 0.29) is 12.2 Å². The number of nitrogens with zero attached hydrogens (tertiary/aromatic N) is 1. The first-order chi connectivity index (χ1) is 20.6. The lowest BCUT2D eigenvalue weighted by atomic mass is 9.93. The maximum atomic E-state index is 14.7. The van der Waals surface area contributed by atoms with Crippen molar-refractivity contribution in [3.63, 3.8) is 0 Å². The predicted molar refractivity (Wildman–Crippen MR) is 172 cm³/mol. The van der Waals surface area contributed by atoms with Crippen LogP contribution in [0.4, 0.5) is 10.5 Å². The van der Waals surface area contributed by atoms with E-state index in [1.807, 2.05) is 32.9 Å². The first-order valence-corrected chi connectivity index (χ1v) is 14.4. The Balaban J connectivity index is 2.12. The van der Waals surface area contributed by atoms with Gasteiger partial charge in [0.25, 0.3) is 5.91 Å². The minimum Gasteiger partial charge on any atom is -0.508 e. The zero-order valence-electron chi connectivity index (χ0n) is 26.5. The number of anilines is 1. The molecule has 2 unspecified atom stereocenters. The summed E-state index contributed by atoms with van der Waals surface area (Å²) in [4.78, 5) is 43.3. The number of alkyl carbamates (subject to hydrolysis) is 1. The highest BCUT2D eigenvalue weighted by molar-refractivity contribution is 5.99. The minimum absolute atomic E-state index is 0.0745. The molecular weight excluding hydrogens is 558 g/mol. The number of benzene rings is 3. The molecule has 0 spiro atoms. The predicted octanol–water partition coefficient (Wildman–Crippen LogP) is 6.49. The van der Waals surface area contributed by atoms with E-state index < -0.39 is 41.1 Å². The number of nitrogens with one attached hydrogen (secondary N) is 2. The second kappa shape index (κ2) is 14.1. The van der Waals surface area contributed by atoms with Crippen molar-refractivity contribution in [1.82, 2.24) is 10.2 Å². The molecule has 3 N–H and O–H groups in total. The number of methoxy groups -OCH3 is 1. The molecule has 0 aliphatic rings. The van der Waals surface area contributed by atoms with Gasteiger partial charge in [0.2, 0.25) is 5.91 Å². The van der Waals surface area contributed by atoms with E-state index in [1.54, 1.807) is 82.5 Å². The van der Waals surface area contributed by atoms with Gasteiger partial charge in [0, 0.05) is 17.6 Å². The maximum absolute atomic E-state index is 14.7. The Labute approximate surface area is 259 Å². The van der Waals surface area contributed by atoms with Gasteiger partial charge in [-0.1, -0.05) is 43.0 Å². The third-order valence-electron chi connectivity index (χ3n) is 6.65. The zero-order chi connectivity index (χ0) is 32.7. The average molecular weight is 602 g/mol. The summed E-state index contributed by atoms with van der Waals surface area (Å²) < 4.78 is 10.7. The summed E-state index contributed by atoms with van der Waals surface area (Å²) in [5, 5.41) is 15.5. The second-order valence-electron chi connectivity index (χ2n) is 12.4. The molecule has 0 aromatic heterocycles. The molecule has 0 saturated heterocycles. The lowest BCUT2D eigenvalue weighted by Gasteiger charge is -2.43. The summed E-state index contributed by atoms with van der Waals surface area (Å²) in [6.45, 7) is 14.6. The van der Waals surface area contributed by atoms with E-state index >= 15 is 0 Å². The van der Waals surface area contributed by atoms with Gasteiger partial charge in [-0.3, -0.25) is 9.59 Å². The molecule has 3 aromatic carbocycles. The van der Waals surface area contributed by atoms with Crippen LogP contribution in [0.2, 0.25) is 0 Å². The molecule has 234 valence electrons. The molecular formula is C35H43N3O6. The highest BCUT2D eigenvalue weighted by atomic mass is 16.6. The van der Waals surface area contributed by atoms with Crippen molar-refractivity contribution in [1.29, 1.82) is 0 Å². The molecule has 9 heteroatoms. The van der Waals surface area contributed by atoms with Crippen LogP contribution in [0.3, 0.4) is 0 Å². The lowest BCUT2D eigenvalue weighted by molar-refractivity contribution is -0.146. The standard InChI is InChI=1S/C35H43N3O6/c1-9-23-11-10-12-25(21-23)30(31(40)36-26-15-19-28(43-8)20-16-26)38(34(2,3)4)32(41)29(37-33(42)44-35(5,6)7)22-24-13-17-27(39)18-14-24/h9-21,29-30,39H,1,22H2,2-8H3,(H,36,40)(H,37,42). The van der Waals surface area contributed by atoms with E-state index in [1.165, 1.54) is 17.0 Å². The van der Waals surface area contributed by atoms with Gasteiger partial charge in [0.15, 0.2) is 0 Å². The van der Waals surface area contributed by atoms with Gasteiger partial charge in [-0.05, 0) is 101 Å². The monoisotopic (exact) mass is 601 g/mol. The maximum Gasteiger partial charge on any atom is 0.408 e. The fraction of sp³-hybridized carbons (Fsp3) is 0.343. The molecule has 3 rings (SSSR count). The van der Waals surface area contributed by atoms with Gasteiger partial charge in [-0.15, -0.1) is 0 Å². The van der Waals surface area contributed by atoms with Crippen LogP contribution < -0.4 is 15.4 Å². The van der Waals surface area contributed by atoms with Crippen molar-refractivity contribution in [2.45, 2.75) is 71.2 Å². The number of aromatic hydroxyl groups is 1. The average Bonchev–Trinajstić information content (AvgIpc) is 2.95. The van der Waals surface area contributed by atoms with Gasteiger partial charge in [0.1, 0.15) is 29.2 Å². The van der Waals surface area contributed by atoms with E-state index in [0.29, 0.717) is 22.6 Å². The van der Waals surface area contributed by atoms with E-state index in [2.05, 4.69) is 17.2 Å². The highest BCUT2D eigenvalue weighted by Gasteiger charge is 2.42. The molecule has 0 aliphatic carbocycles. The van der Waals surface area contributed by atoms with Crippen LogP contribution in [-0.2, 0) is 20.7 Å². The Hall–Kier alpha value is -4.79. The fourth-order valence-corrected chi connectivity index (χ4v) is 4.69. The first-order valence-electron chi connectivity index (χ1n) is 14.4. The molecule has 0 saturated carbocycles. The van der Waals surface area contributed by atoms with Crippen LogP contribution >= 0.6 is 0 Å². The first kappa shape index (κ1) is 33.7. The second-order valence-corrected chi connectivity index (χ2v) is 12.4. The van der Waals surface area contributed by atoms with Crippen molar-refractivity contribution in [3.05, 3.63) is 96.1 Å². The number of hydrogen-bond donors (Lipinski definition) is 3. The van der Waals surface area contributed by atoms with Crippen molar-refractivity contribution < 1.29 is 29.0 Å². The summed E-state index contributed by atoms with van der Waals surface area (Å²) in [7, 11) is 1.56. The quantitative estimate of drug-likeness (QED) is 0.245. The Morgan fingerprint density at radius 2 is 1.59 bits per heavy atom. The summed E-state index contributed by atoms with van der Waals surface area (Å²) in [6, 6.07) is 18.3. The summed E-state index contributed by atoms with van der Waals surface area (Å²) in [6.07, 6.45) is 0.990. The number of amides is 3. The van der Waals surface area contributed by atoms with Crippen LogP contribution in [0.25, 0.3) is 6.08 Å². The summed E-state index contributed by atoms with van der Waals surface area (Å²) in [5.74, 6) is -0.226. The molecule has 0 aliphatic heterocycles. The Bertz CT molecular complexity index is 1450. The largest absolute Gasteiger partial charge is 0.508 e. The number of hydrogen-bond acceptors (Lipinski definition) is 6. The Morgan fingerprint density at radius 3 is 2.14 bits per heavy atom. The van der Waals surface area contributed by atoms with Crippen LogP contribution in [0.5, 0.6) is 11.5 Å². The normalized spacial score (nSPS) is 12.8. The lowest BCUT2D eigenvalue weighted by Crippen LogP contribution is -2.58. The Kier molecular flexibility index (Phi) is 10.8. The number of phenols is 1. The summed E-state index contributed by atoms with van der Waals surface area (Å²) in [5.41, 5.74) is 0.877. The van der Waals surface area contributed by atoms with Crippen LogP contribution in [-0.4, -0.2) is 52.2 Å². The van der Waals surface area contributed by atoms with E-state index in [9.17, 15) is 19.5 Å². The minimum atomic E-state index is -1.10. The Morgan fingerprint density at radius 1 is 0.955 bits per heavy atom. The molecule has 9 nitrogen and oxygen atoms in total. The highest BCUT2D eigenvalue weighted by Crippen LogP contribution is 2.32. The zero-order valence-corrected chi connectivity index (χ0v) is 26.5. The number of carbonyl (C=O) groups excluding carboxylic acids is 3. The number of phenolic OH excluding ortho intramolecular Hbond substituents is 1. The molecule has 0 heterocycles. The molecule has 0 bridgehead atoms. The molecule has 44 heavy (non-hydrogen) atoms. The van der Waals surface area contributed by atoms with Crippen molar-refractivity contribution in [2.24, 2.45) is 0 Å². The third-order valence-corrected chi connectivity index (χ3v) is 6.65. The van der Waals surface area contributed by atoms with Gasteiger partial charge in [-0.25, -0.2) is 4.79 Å². The van der Waals surface area contributed by atoms with Crippen molar-refractivity contribution in [3.8, 4) is 11.5 Å². The number of rotatable bonds is 10. The van der Waals surface area contributed by atoms with Crippen LogP contribution in [0.15, 0.2) is 79.4 Å². The molecule has 2 atom stereocenters. The molecule has 0 radical (unpaired) electrons. The SMILES string of the molecule is C=Cc1cccc(C(C(=O)Nc2ccc(OC)cc2)N(C(=O)C(Cc2ccc(O)cc2)NC(=O)OC(C)(C)C)C(C)(C)C)c1. The molecule has 3 aromatic rings. The topological polar surface area (TPSA) is 117 Å². The van der Waals surface area contributed by atoms with Gasteiger partial charge >= 0.3 is 6.09 Å². The molecule has 3 amide bonds. The van der Waals surface area contributed by atoms with Gasteiger partial charge < -0.3 is 30.1 Å². The van der Waals surface area contributed by atoms with E-state index in [4.69, 9.17) is 9.47 Å². The van der Waals surface area contributed by atoms with Gasteiger partial charge in [-0.2, -0.15) is 0 Å². The molecule has 0 fully saturated rings. The van der Waals surface area contributed by atoms with Crippen LogP contribution in [0.1, 0.15) is 64.3 Å². The van der Waals surface area contributed by atoms with Crippen LogP contribution in [0, 0.1) is 0 Å². The van der Waals surface area contributed by atoms with Crippen molar-refractivity contribution in [2.75, 3.05) is 12.4 Å². The third kappa shape index (κ3) is 9.36. The summed E-state index contributed by atoms with van der Waals surface area (Å²) >= 11 is 0. The van der Waals surface area contributed by atoms with Gasteiger partial charge in [0.05, 0.1) is 7.11 Å². The fourth-order valence-electron chi connectivity index (χ4n) is 4.69. The van der Waals surface area contributed by atoms with Crippen molar-refractivity contribution >= 4 is 29.7 Å². The van der Waals surface area contributed by atoms with E-state index in [0.717, 1.165) is 5.56 Å².